The van der Waals surface area contributed by atoms with Crippen molar-refractivity contribution < 1.29 is 4.39 Å². The number of pyridine rings is 1. The Morgan fingerprint density at radius 3 is 2.88 bits per heavy atom. The Labute approximate surface area is 99.5 Å². The molecule has 0 atom stereocenters. The maximum Gasteiger partial charge on any atom is 0.125 e. The van der Waals surface area contributed by atoms with Crippen LogP contribution in [-0.2, 0) is 6.54 Å². The molecule has 3 nitrogen and oxygen atoms in total. The zero-order valence-corrected chi connectivity index (χ0v) is 9.57. The highest BCUT2D eigenvalue weighted by molar-refractivity contribution is 5.65. The molecule has 0 fully saturated rings. The Kier molecular flexibility index (Phi) is 3.23. The predicted molar refractivity (Wildman–Crippen MR) is 67.1 cm³/mol. The molecule has 0 aliphatic heterocycles. The average Bonchev–Trinajstić information content (AvgIpc) is 2.30. The van der Waals surface area contributed by atoms with E-state index in [-0.39, 0.29) is 5.82 Å². The van der Waals surface area contributed by atoms with Gasteiger partial charge in [0.2, 0.25) is 0 Å². The number of nitrogens with one attached hydrogen (secondary N) is 1. The lowest BCUT2D eigenvalue weighted by Crippen LogP contribution is -2.04. The van der Waals surface area contributed by atoms with Crippen LogP contribution in [0.2, 0.25) is 0 Å². The van der Waals surface area contributed by atoms with Crippen molar-refractivity contribution in [2.75, 3.05) is 11.1 Å². The molecule has 0 saturated carbocycles. The van der Waals surface area contributed by atoms with Gasteiger partial charge in [0.15, 0.2) is 0 Å². The van der Waals surface area contributed by atoms with Crippen LogP contribution in [0.3, 0.4) is 0 Å². The second-order valence-electron chi connectivity index (χ2n) is 3.89. The first kappa shape index (κ1) is 11.4. The maximum atomic E-state index is 12.9. The van der Waals surface area contributed by atoms with Crippen molar-refractivity contribution in [2.24, 2.45) is 0 Å². The fraction of sp³-hybridized carbons (Fsp3) is 0.154. The molecule has 88 valence electrons. The minimum atomic E-state index is -0.328. The quantitative estimate of drug-likeness (QED) is 0.798. The number of rotatable bonds is 3. The Balaban J connectivity index is 2.10. The topological polar surface area (TPSA) is 50.9 Å². The van der Waals surface area contributed by atoms with Gasteiger partial charge in [0.1, 0.15) is 5.82 Å². The van der Waals surface area contributed by atoms with Crippen LogP contribution in [0.1, 0.15) is 11.1 Å². The van der Waals surface area contributed by atoms with Crippen LogP contribution < -0.4 is 11.1 Å². The average molecular weight is 231 g/mol. The second kappa shape index (κ2) is 4.82. The molecule has 1 aromatic carbocycles. The van der Waals surface area contributed by atoms with Gasteiger partial charge < -0.3 is 11.1 Å². The number of nitrogens with zero attached hydrogens (tertiary/aromatic N) is 1. The molecule has 1 heterocycles. The monoisotopic (exact) mass is 231 g/mol. The number of benzene rings is 1. The molecule has 1 aromatic heterocycles. The third-order valence-corrected chi connectivity index (χ3v) is 2.63. The summed E-state index contributed by atoms with van der Waals surface area (Å²) < 4.78 is 12.9. The molecule has 0 aliphatic rings. The number of anilines is 2. The van der Waals surface area contributed by atoms with Crippen LogP contribution in [0.4, 0.5) is 15.8 Å². The van der Waals surface area contributed by atoms with Gasteiger partial charge in [-0.3, -0.25) is 4.98 Å². The fourth-order valence-electron chi connectivity index (χ4n) is 1.57. The van der Waals surface area contributed by atoms with Gasteiger partial charge >= 0.3 is 0 Å². The number of aromatic nitrogens is 1. The van der Waals surface area contributed by atoms with E-state index in [0.717, 1.165) is 16.8 Å². The van der Waals surface area contributed by atoms with Gasteiger partial charge in [-0.1, -0.05) is 0 Å². The Hall–Kier alpha value is -2.10. The van der Waals surface area contributed by atoms with E-state index in [1.807, 2.05) is 19.2 Å². The van der Waals surface area contributed by atoms with Crippen molar-refractivity contribution in [3.63, 3.8) is 0 Å². The van der Waals surface area contributed by atoms with Gasteiger partial charge in [-0.2, -0.15) is 0 Å². The second-order valence-corrected chi connectivity index (χ2v) is 3.89. The molecule has 0 amide bonds. The van der Waals surface area contributed by atoms with E-state index < -0.39 is 0 Å². The molecule has 4 heteroatoms. The molecule has 0 aliphatic carbocycles. The highest BCUT2D eigenvalue weighted by Gasteiger charge is 2.02. The lowest BCUT2D eigenvalue weighted by molar-refractivity contribution is 0.628. The molecule has 3 N–H and O–H groups in total. The number of halogens is 1. The largest absolute Gasteiger partial charge is 0.397 e. The normalized spacial score (nSPS) is 10.2. The van der Waals surface area contributed by atoms with Gasteiger partial charge in [0, 0.05) is 18.9 Å². The molecule has 0 saturated heterocycles. The van der Waals surface area contributed by atoms with Crippen molar-refractivity contribution in [3.8, 4) is 0 Å². The predicted octanol–water partition coefficient (Wildman–Crippen LogP) is 2.72. The Morgan fingerprint density at radius 2 is 2.18 bits per heavy atom. The van der Waals surface area contributed by atoms with Crippen molar-refractivity contribution in [2.45, 2.75) is 13.5 Å². The first-order valence-electron chi connectivity index (χ1n) is 5.35. The van der Waals surface area contributed by atoms with Crippen LogP contribution >= 0.6 is 0 Å². The first-order chi connectivity index (χ1) is 8.16. The van der Waals surface area contributed by atoms with E-state index >= 15 is 0 Å². The van der Waals surface area contributed by atoms with E-state index in [0.29, 0.717) is 12.2 Å². The molecule has 0 bridgehead atoms. The van der Waals surface area contributed by atoms with Crippen molar-refractivity contribution in [1.29, 1.82) is 0 Å². The van der Waals surface area contributed by atoms with E-state index in [9.17, 15) is 4.39 Å². The van der Waals surface area contributed by atoms with Crippen LogP contribution in [0.15, 0.2) is 36.7 Å². The summed E-state index contributed by atoms with van der Waals surface area (Å²) >= 11 is 0. The maximum absolute atomic E-state index is 12.9. The summed E-state index contributed by atoms with van der Waals surface area (Å²) in [7, 11) is 0. The summed E-state index contributed by atoms with van der Waals surface area (Å²) in [5, 5.41) is 3.17. The highest BCUT2D eigenvalue weighted by Crippen LogP contribution is 2.20. The molecule has 0 radical (unpaired) electrons. The molecule has 2 rings (SSSR count). The molecular formula is C13H14FN3. The van der Waals surface area contributed by atoms with Crippen LogP contribution in [0.25, 0.3) is 0 Å². The highest BCUT2D eigenvalue weighted by atomic mass is 19.1. The molecule has 2 aromatic rings. The van der Waals surface area contributed by atoms with Crippen LogP contribution in [0.5, 0.6) is 0 Å². The number of nitrogens with two attached hydrogens (primary N) is 1. The minimum absolute atomic E-state index is 0.328. The van der Waals surface area contributed by atoms with Gasteiger partial charge in [0.25, 0.3) is 0 Å². The van der Waals surface area contributed by atoms with E-state index in [2.05, 4.69) is 10.3 Å². The van der Waals surface area contributed by atoms with Crippen molar-refractivity contribution in [1.82, 2.24) is 4.98 Å². The molecule has 17 heavy (non-hydrogen) atoms. The SMILES string of the molecule is Cc1ccncc1CNc1ccc(F)cc1N. The van der Waals surface area contributed by atoms with Crippen LogP contribution in [0, 0.1) is 12.7 Å². The summed E-state index contributed by atoms with van der Waals surface area (Å²) in [4.78, 5) is 4.06. The number of aryl methyl sites for hydroxylation is 1. The van der Waals surface area contributed by atoms with E-state index in [4.69, 9.17) is 5.73 Å². The minimum Gasteiger partial charge on any atom is -0.397 e. The molecule has 0 spiro atoms. The summed E-state index contributed by atoms with van der Waals surface area (Å²) in [5.74, 6) is -0.328. The summed E-state index contributed by atoms with van der Waals surface area (Å²) in [6.45, 7) is 2.64. The number of hydrogen-bond donors (Lipinski definition) is 2. The summed E-state index contributed by atoms with van der Waals surface area (Å²) in [6, 6.07) is 6.27. The lowest BCUT2D eigenvalue weighted by atomic mass is 10.1. The smallest absolute Gasteiger partial charge is 0.125 e. The fourth-order valence-corrected chi connectivity index (χ4v) is 1.57. The lowest BCUT2D eigenvalue weighted by Gasteiger charge is -2.10. The van der Waals surface area contributed by atoms with Gasteiger partial charge in [0.05, 0.1) is 11.4 Å². The van der Waals surface area contributed by atoms with Crippen molar-refractivity contribution >= 4 is 11.4 Å². The van der Waals surface area contributed by atoms with Gasteiger partial charge in [-0.15, -0.1) is 0 Å². The van der Waals surface area contributed by atoms with Crippen LogP contribution in [-0.4, -0.2) is 4.98 Å². The third kappa shape index (κ3) is 2.72. The summed E-state index contributed by atoms with van der Waals surface area (Å²) in [6.07, 6.45) is 3.56. The zero-order valence-electron chi connectivity index (χ0n) is 9.57. The van der Waals surface area contributed by atoms with Gasteiger partial charge in [-0.25, -0.2) is 4.39 Å². The Bertz CT molecular complexity index is 526. The zero-order chi connectivity index (χ0) is 12.3. The Morgan fingerprint density at radius 1 is 1.35 bits per heavy atom. The first-order valence-corrected chi connectivity index (χ1v) is 5.35. The third-order valence-electron chi connectivity index (χ3n) is 2.63. The molecule has 0 unspecified atom stereocenters. The standard InChI is InChI=1S/C13H14FN3/c1-9-4-5-16-7-10(9)8-17-13-3-2-11(14)6-12(13)15/h2-7,17H,8,15H2,1H3. The molecular weight excluding hydrogens is 217 g/mol. The number of nitrogen functional groups attached to an aromatic ring is 1. The summed E-state index contributed by atoms with van der Waals surface area (Å²) in [5.41, 5.74) is 9.10. The van der Waals surface area contributed by atoms with E-state index in [1.165, 1.54) is 12.1 Å². The number of hydrogen-bond acceptors (Lipinski definition) is 3. The van der Waals surface area contributed by atoms with E-state index in [1.54, 1.807) is 12.3 Å². The van der Waals surface area contributed by atoms with Gasteiger partial charge in [-0.05, 0) is 42.3 Å². The van der Waals surface area contributed by atoms with Crippen molar-refractivity contribution in [3.05, 3.63) is 53.6 Å².